The molecule has 0 spiro atoms. The smallest absolute Gasteiger partial charge is 0.253 e. The molecule has 1 N–H and O–H groups in total. The van der Waals surface area contributed by atoms with Crippen molar-refractivity contribution in [3.05, 3.63) is 39.8 Å². The Morgan fingerprint density at radius 3 is 2.83 bits per heavy atom. The number of hydrogen-bond donors (Lipinski definition) is 1. The van der Waals surface area contributed by atoms with Crippen LogP contribution in [-0.2, 0) is 14.8 Å². The van der Waals surface area contributed by atoms with Crippen LogP contribution in [0.5, 0.6) is 0 Å². The molecule has 9 heteroatoms. The van der Waals surface area contributed by atoms with Crippen LogP contribution in [0, 0.1) is 6.92 Å². The Hall–Kier alpha value is -1.29. The minimum Gasteiger partial charge on any atom is -0.309 e. The van der Waals surface area contributed by atoms with Crippen LogP contribution >= 0.6 is 27.3 Å². The number of rotatable bonds is 4. The Morgan fingerprint density at radius 2 is 2.17 bits per heavy atom. The Morgan fingerprint density at radius 1 is 1.38 bits per heavy atom. The third kappa shape index (κ3) is 3.53. The number of anilines is 1. The van der Waals surface area contributed by atoms with Crippen LogP contribution in [0.15, 0.2) is 38.3 Å². The SMILES string of the molecule is Cc1cccc(NC(=O)[C@@H]2CCCN2S(=O)(=O)c2ccc(Br)s2)n1. The molecule has 3 rings (SSSR count). The van der Waals surface area contributed by atoms with Gasteiger partial charge in [-0.2, -0.15) is 4.31 Å². The van der Waals surface area contributed by atoms with E-state index in [1.807, 2.05) is 13.0 Å². The Bertz CT molecular complexity index is 866. The van der Waals surface area contributed by atoms with E-state index in [4.69, 9.17) is 0 Å². The topological polar surface area (TPSA) is 79.4 Å². The molecular weight excluding hydrogens is 414 g/mol. The zero-order valence-electron chi connectivity index (χ0n) is 12.9. The largest absolute Gasteiger partial charge is 0.309 e. The van der Waals surface area contributed by atoms with Gasteiger partial charge in [0.1, 0.15) is 16.1 Å². The van der Waals surface area contributed by atoms with Gasteiger partial charge in [0.05, 0.1) is 3.79 Å². The van der Waals surface area contributed by atoms with E-state index in [1.54, 1.807) is 24.3 Å². The van der Waals surface area contributed by atoms with Crippen molar-refractivity contribution < 1.29 is 13.2 Å². The first kappa shape index (κ1) is 17.5. The van der Waals surface area contributed by atoms with Gasteiger partial charge in [-0.05, 0) is 60.0 Å². The number of amides is 1. The highest BCUT2D eigenvalue weighted by Gasteiger charge is 2.40. The van der Waals surface area contributed by atoms with Crippen LogP contribution in [0.4, 0.5) is 5.82 Å². The molecule has 0 bridgehead atoms. The Balaban J connectivity index is 1.81. The third-order valence-corrected chi connectivity index (χ3v) is 7.76. The predicted octanol–water partition coefficient (Wildman–Crippen LogP) is 3.01. The molecule has 1 aliphatic heterocycles. The van der Waals surface area contributed by atoms with Crippen molar-refractivity contribution in [2.24, 2.45) is 0 Å². The molecule has 1 fully saturated rings. The lowest BCUT2D eigenvalue weighted by Gasteiger charge is -2.22. The zero-order chi connectivity index (χ0) is 17.3. The third-order valence-electron chi connectivity index (χ3n) is 3.76. The standard InChI is InChI=1S/C15H16BrN3O3S2/c1-10-4-2-6-13(17-10)18-15(20)11-5-3-9-19(11)24(21,22)14-8-7-12(16)23-14/h2,4,6-8,11H,3,5,9H2,1H3,(H,17,18,20)/t11-/m0/s1. The summed E-state index contributed by atoms with van der Waals surface area (Å²) in [4.78, 5) is 16.8. The highest BCUT2D eigenvalue weighted by atomic mass is 79.9. The predicted molar refractivity (Wildman–Crippen MR) is 96.5 cm³/mol. The van der Waals surface area contributed by atoms with Crippen molar-refractivity contribution in [3.8, 4) is 0 Å². The van der Waals surface area contributed by atoms with Crippen LogP contribution in [0.25, 0.3) is 0 Å². The van der Waals surface area contributed by atoms with Gasteiger partial charge >= 0.3 is 0 Å². The first-order valence-electron chi connectivity index (χ1n) is 7.39. The minimum absolute atomic E-state index is 0.239. The van der Waals surface area contributed by atoms with Crippen LogP contribution in [0.1, 0.15) is 18.5 Å². The average Bonchev–Trinajstić information content (AvgIpc) is 3.16. The lowest BCUT2D eigenvalue weighted by Crippen LogP contribution is -2.43. The number of nitrogens with one attached hydrogen (secondary N) is 1. The van der Waals surface area contributed by atoms with Crippen LogP contribution < -0.4 is 5.32 Å². The van der Waals surface area contributed by atoms with Gasteiger partial charge in [0.2, 0.25) is 5.91 Å². The molecule has 1 aliphatic rings. The molecule has 24 heavy (non-hydrogen) atoms. The number of sulfonamides is 1. The number of hydrogen-bond acceptors (Lipinski definition) is 5. The number of pyridine rings is 1. The van der Waals surface area contributed by atoms with Crippen LogP contribution in [0.2, 0.25) is 0 Å². The van der Waals surface area contributed by atoms with Gasteiger partial charge in [0, 0.05) is 12.2 Å². The molecule has 2 aromatic rings. The second kappa shape index (κ2) is 6.91. The van der Waals surface area contributed by atoms with E-state index in [0.29, 0.717) is 25.2 Å². The molecule has 1 amide bonds. The number of aromatic nitrogens is 1. The van der Waals surface area contributed by atoms with E-state index in [9.17, 15) is 13.2 Å². The summed E-state index contributed by atoms with van der Waals surface area (Å²) < 4.78 is 27.8. The van der Waals surface area contributed by atoms with Gasteiger partial charge in [-0.15, -0.1) is 11.3 Å². The maximum Gasteiger partial charge on any atom is 0.253 e. The molecule has 0 unspecified atom stereocenters. The van der Waals surface area contributed by atoms with E-state index >= 15 is 0 Å². The van der Waals surface area contributed by atoms with E-state index in [1.165, 1.54) is 4.31 Å². The molecule has 0 aliphatic carbocycles. The lowest BCUT2D eigenvalue weighted by atomic mass is 10.2. The van der Waals surface area contributed by atoms with E-state index in [2.05, 4.69) is 26.2 Å². The van der Waals surface area contributed by atoms with Crippen LogP contribution in [-0.4, -0.2) is 36.2 Å². The van der Waals surface area contributed by atoms with E-state index < -0.39 is 16.1 Å². The number of halogens is 1. The summed E-state index contributed by atoms with van der Waals surface area (Å²) in [5, 5.41) is 2.72. The Labute approximate surface area is 153 Å². The second-order valence-electron chi connectivity index (χ2n) is 5.49. The summed E-state index contributed by atoms with van der Waals surface area (Å²) in [6.07, 6.45) is 1.16. The molecular formula is C15H16BrN3O3S2. The summed E-state index contributed by atoms with van der Waals surface area (Å²) >= 11 is 4.42. The fourth-order valence-corrected chi connectivity index (χ4v) is 6.46. The maximum absolute atomic E-state index is 12.8. The summed E-state index contributed by atoms with van der Waals surface area (Å²) in [5.41, 5.74) is 0.784. The summed E-state index contributed by atoms with van der Waals surface area (Å²) in [6.45, 7) is 2.17. The van der Waals surface area contributed by atoms with Crippen LogP contribution in [0.3, 0.4) is 0 Å². The summed E-state index contributed by atoms with van der Waals surface area (Å²) in [6, 6.07) is 7.85. The zero-order valence-corrected chi connectivity index (χ0v) is 16.1. The van der Waals surface area contributed by atoms with Gasteiger partial charge < -0.3 is 5.32 Å². The second-order valence-corrected chi connectivity index (χ2v) is 10.1. The van der Waals surface area contributed by atoms with Gasteiger partial charge in [-0.3, -0.25) is 4.79 Å². The molecule has 0 aromatic carbocycles. The highest BCUT2D eigenvalue weighted by Crippen LogP contribution is 2.32. The molecule has 2 aromatic heterocycles. The van der Waals surface area contributed by atoms with Gasteiger partial charge in [-0.25, -0.2) is 13.4 Å². The molecule has 3 heterocycles. The average molecular weight is 430 g/mol. The molecule has 6 nitrogen and oxygen atoms in total. The molecule has 1 atom stereocenters. The van der Waals surface area contributed by atoms with Crippen molar-refractivity contribution >= 4 is 49.0 Å². The normalized spacial score (nSPS) is 18.7. The summed E-state index contributed by atoms with van der Waals surface area (Å²) in [5.74, 6) is 0.0907. The van der Waals surface area contributed by atoms with Crippen molar-refractivity contribution in [1.82, 2.24) is 9.29 Å². The number of aryl methyl sites for hydroxylation is 1. The van der Waals surface area contributed by atoms with Crippen molar-refractivity contribution in [2.75, 3.05) is 11.9 Å². The van der Waals surface area contributed by atoms with Gasteiger partial charge in [0.25, 0.3) is 10.0 Å². The monoisotopic (exact) mass is 429 g/mol. The minimum atomic E-state index is -3.67. The number of thiophene rings is 1. The maximum atomic E-state index is 12.8. The lowest BCUT2D eigenvalue weighted by molar-refractivity contribution is -0.119. The number of carbonyl (C=O) groups is 1. The van der Waals surface area contributed by atoms with Gasteiger partial charge in [-0.1, -0.05) is 6.07 Å². The van der Waals surface area contributed by atoms with Crippen molar-refractivity contribution in [1.29, 1.82) is 0 Å². The molecule has 128 valence electrons. The van der Waals surface area contributed by atoms with Gasteiger partial charge in [0.15, 0.2) is 0 Å². The quantitative estimate of drug-likeness (QED) is 0.809. The Kier molecular flexibility index (Phi) is 5.05. The summed E-state index contributed by atoms with van der Waals surface area (Å²) in [7, 11) is -3.67. The number of carbonyl (C=O) groups excluding carboxylic acids is 1. The fourth-order valence-electron chi connectivity index (χ4n) is 2.66. The first-order chi connectivity index (χ1) is 11.4. The molecule has 1 saturated heterocycles. The van der Waals surface area contributed by atoms with Crippen molar-refractivity contribution in [2.45, 2.75) is 30.0 Å². The fraction of sp³-hybridized carbons (Fsp3) is 0.333. The van der Waals surface area contributed by atoms with Crippen molar-refractivity contribution in [3.63, 3.8) is 0 Å². The highest BCUT2D eigenvalue weighted by molar-refractivity contribution is 9.11. The number of nitrogens with zero attached hydrogens (tertiary/aromatic N) is 2. The molecule has 0 radical (unpaired) electrons. The molecule has 0 saturated carbocycles. The van der Waals surface area contributed by atoms with E-state index in [0.717, 1.165) is 20.8 Å². The van der Waals surface area contributed by atoms with E-state index in [-0.39, 0.29) is 10.1 Å². The first-order valence-corrected chi connectivity index (χ1v) is 10.4.